The molecule has 0 bridgehead atoms. The predicted octanol–water partition coefficient (Wildman–Crippen LogP) is 3.81. The number of methoxy groups -OCH3 is 2. The van der Waals surface area contributed by atoms with E-state index in [2.05, 4.69) is 23.2 Å². The Hall–Kier alpha value is -1.46. The number of halogens is 1. The number of hydrogen-bond donors (Lipinski definition) is 1. The highest BCUT2D eigenvalue weighted by Gasteiger charge is 2.32. The van der Waals surface area contributed by atoms with Crippen LogP contribution in [0.5, 0.6) is 11.5 Å². The minimum absolute atomic E-state index is 0. The summed E-state index contributed by atoms with van der Waals surface area (Å²) in [7, 11) is 3.30. The molecule has 27 heavy (non-hydrogen) atoms. The summed E-state index contributed by atoms with van der Waals surface area (Å²) >= 11 is 0. The third kappa shape index (κ3) is 5.08. The van der Waals surface area contributed by atoms with Gasteiger partial charge >= 0.3 is 0 Å². The van der Waals surface area contributed by atoms with E-state index in [1.165, 1.54) is 12.8 Å². The highest BCUT2D eigenvalue weighted by atomic mass is 35.5. The molecule has 5 nitrogen and oxygen atoms in total. The van der Waals surface area contributed by atoms with E-state index in [1.54, 1.807) is 14.2 Å². The zero-order valence-electron chi connectivity index (χ0n) is 16.7. The van der Waals surface area contributed by atoms with E-state index in [0.717, 1.165) is 49.5 Å². The molecule has 1 aromatic rings. The standard InChI is InChI=1S/C21H32N2O3.ClH/c1-15(17-6-4-10-22-14-17)12-21(24)23-11-5-7-18(23)16-8-9-19(25-2)20(13-16)26-3;/h8-9,13,15,17-18,22H,4-7,10-12,14H2,1-3H3;1H. The van der Waals surface area contributed by atoms with Crippen molar-refractivity contribution in [3.8, 4) is 11.5 Å². The normalized spacial score (nSPS) is 23.4. The van der Waals surface area contributed by atoms with Crippen molar-refractivity contribution in [2.75, 3.05) is 33.9 Å². The molecule has 0 aliphatic carbocycles. The molecule has 152 valence electrons. The molecule has 2 aliphatic rings. The maximum atomic E-state index is 13.0. The molecule has 2 heterocycles. The fourth-order valence-electron chi connectivity index (χ4n) is 4.40. The highest BCUT2D eigenvalue weighted by Crippen LogP contribution is 2.37. The average molecular weight is 397 g/mol. The van der Waals surface area contributed by atoms with Gasteiger partial charge in [-0.05, 0) is 68.3 Å². The summed E-state index contributed by atoms with van der Waals surface area (Å²) in [6, 6.07) is 6.17. The van der Waals surface area contributed by atoms with Crippen LogP contribution in [0.3, 0.4) is 0 Å². The van der Waals surface area contributed by atoms with Gasteiger partial charge in [-0.3, -0.25) is 4.79 Å². The fraction of sp³-hybridized carbons (Fsp3) is 0.667. The third-order valence-electron chi connectivity index (χ3n) is 6.00. The van der Waals surface area contributed by atoms with Gasteiger partial charge in [-0.25, -0.2) is 0 Å². The molecule has 3 unspecified atom stereocenters. The number of hydrogen-bond acceptors (Lipinski definition) is 4. The Morgan fingerprint density at radius 2 is 2.00 bits per heavy atom. The zero-order valence-corrected chi connectivity index (χ0v) is 17.5. The summed E-state index contributed by atoms with van der Waals surface area (Å²) in [6.45, 7) is 5.25. The van der Waals surface area contributed by atoms with Gasteiger partial charge in [0.15, 0.2) is 11.5 Å². The number of ether oxygens (including phenoxy) is 2. The van der Waals surface area contributed by atoms with Gasteiger partial charge in [0.05, 0.1) is 20.3 Å². The predicted molar refractivity (Wildman–Crippen MR) is 110 cm³/mol. The number of amides is 1. The van der Waals surface area contributed by atoms with E-state index in [9.17, 15) is 4.79 Å². The maximum absolute atomic E-state index is 13.0. The average Bonchev–Trinajstić information content (AvgIpc) is 3.18. The third-order valence-corrected chi connectivity index (χ3v) is 6.00. The SMILES string of the molecule is COc1ccc(C2CCCN2C(=O)CC(C)C2CCCNC2)cc1OC.Cl. The van der Waals surface area contributed by atoms with Gasteiger partial charge in [-0.1, -0.05) is 13.0 Å². The second-order valence-corrected chi connectivity index (χ2v) is 7.65. The first-order valence-electron chi connectivity index (χ1n) is 9.86. The topological polar surface area (TPSA) is 50.8 Å². The summed E-state index contributed by atoms with van der Waals surface area (Å²) in [5.74, 6) is 2.80. The van der Waals surface area contributed by atoms with E-state index < -0.39 is 0 Å². The molecule has 3 atom stereocenters. The molecule has 2 fully saturated rings. The smallest absolute Gasteiger partial charge is 0.223 e. The van der Waals surface area contributed by atoms with Gasteiger partial charge in [0.2, 0.25) is 5.91 Å². The van der Waals surface area contributed by atoms with Crippen LogP contribution in [0.15, 0.2) is 18.2 Å². The lowest BCUT2D eigenvalue weighted by Gasteiger charge is -2.31. The highest BCUT2D eigenvalue weighted by molar-refractivity contribution is 5.85. The minimum Gasteiger partial charge on any atom is -0.493 e. The molecular formula is C21H33ClN2O3. The molecule has 0 radical (unpaired) electrons. The minimum atomic E-state index is 0. The van der Waals surface area contributed by atoms with Crippen molar-refractivity contribution in [3.63, 3.8) is 0 Å². The Bertz CT molecular complexity index is 619. The van der Waals surface area contributed by atoms with Crippen LogP contribution >= 0.6 is 12.4 Å². The van der Waals surface area contributed by atoms with Crippen LogP contribution in [0.25, 0.3) is 0 Å². The fourth-order valence-corrected chi connectivity index (χ4v) is 4.40. The van der Waals surface area contributed by atoms with Crippen molar-refractivity contribution in [1.82, 2.24) is 10.2 Å². The Morgan fingerprint density at radius 1 is 1.22 bits per heavy atom. The Morgan fingerprint density at radius 3 is 2.67 bits per heavy atom. The lowest BCUT2D eigenvalue weighted by Crippen LogP contribution is -2.37. The van der Waals surface area contributed by atoms with Gasteiger partial charge in [0.1, 0.15) is 0 Å². The van der Waals surface area contributed by atoms with Gasteiger partial charge < -0.3 is 19.7 Å². The number of benzene rings is 1. The number of nitrogens with one attached hydrogen (secondary N) is 1. The molecule has 2 aliphatic heterocycles. The number of carbonyl (C=O) groups is 1. The van der Waals surface area contributed by atoms with Crippen molar-refractivity contribution >= 4 is 18.3 Å². The Kier molecular flexibility index (Phi) is 8.24. The number of piperidine rings is 1. The summed E-state index contributed by atoms with van der Waals surface area (Å²) in [4.78, 5) is 15.1. The largest absolute Gasteiger partial charge is 0.493 e. The van der Waals surface area contributed by atoms with Gasteiger partial charge in [0.25, 0.3) is 0 Å². The van der Waals surface area contributed by atoms with E-state index in [-0.39, 0.29) is 18.4 Å². The molecule has 1 N–H and O–H groups in total. The van der Waals surface area contributed by atoms with E-state index >= 15 is 0 Å². The first-order chi connectivity index (χ1) is 12.6. The molecule has 1 amide bonds. The van der Waals surface area contributed by atoms with Crippen LogP contribution in [-0.2, 0) is 4.79 Å². The van der Waals surface area contributed by atoms with Crippen molar-refractivity contribution in [2.24, 2.45) is 11.8 Å². The lowest BCUT2D eigenvalue weighted by atomic mass is 9.85. The van der Waals surface area contributed by atoms with Crippen molar-refractivity contribution in [3.05, 3.63) is 23.8 Å². The van der Waals surface area contributed by atoms with Gasteiger partial charge in [-0.2, -0.15) is 0 Å². The molecule has 1 aromatic carbocycles. The summed E-state index contributed by atoms with van der Waals surface area (Å²) in [6.07, 6.45) is 5.18. The number of nitrogens with zero attached hydrogens (tertiary/aromatic N) is 1. The van der Waals surface area contributed by atoms with Crippen LogP contribution in [0.4, 0.5) is 0 Å². The lowest BCUT2D eigenvalue weighted by molar-refractivity contribution is -0.133. The van der Waals surface area contributed by atoms with Crippen LogP contribution in [0.1, 0.15) is 50.6 Å². The van der Waals surface area contributed by atoms with E-state index in [4.69, 9.17) is 9.47 Å². The monoisotopic (exact) mass is 396 g/mol. The Labute approximate surface area is 169 Å². The van der Waals surface area contributed by atoms with Crippen molar-refractivity contribution in [1.29, 1.82) is 0 Å². The van der Waals surface area contributed by atoms with Crippen molar-refractivity contribution < 1.29 is 14.3 Å². The first-order valence-corrected chi connectivity index (χ1v) is 9.86. The summed E-state index contributed by atoms with van der Waals surface area (Å²) in [5.41, 5.74) is 1.14. The van der Waals surface area contributed by atoms with Crippen LogP contribution in [0, 0.1) is 11.8 Å². The second-order valence-electron chi connectivity index (χ2n) is 7.65. The molecule has 0 spiro atoms. The van der Waals surface area contributed by atoms with E-state index in [0.29, 0.717) is 24.2 Å². The molecule has 3 rings (SSSR count). The van der Waals surface area contributed by atoms with Gasteiger partial charge in [0, 0.05) is 13.0 Å². The maximum Gasteiger partial charge on any atom is 0.223 e. The first kappa shape index (κ1) is 21.8. The molecule has 0 saturated carbocycles. The molecule has 0 aromatic heterocycles. The van der Waals surface area contributed by atoms with E-state index in [1.807, 2.05) is 12.1 Å². The zero-order chi connectivity index (χ0) is 18.5. The van der Waals surface area contributed by atoms with Crippen molar-refractivity contribution in [2.45, 2.75) is 45.1 Å². The Balaban J connectivity index is 0.00000261. The number of likely N-dealkylation sites (tertiary alicyclic amines) is 1. The molecule has 2 saturated heterocycles. The van der Waals surface area contributed by atoms with Crippen LogP contribution in [0.2, 0.25) is 0 Å². The number of carbonyl (C=O) groups excluding carboxylic acids is 1. The van der Waals surface area contributed by atoms with Crippen LogP contribution in [-0.4, -0.2) is 44.7 Å². The number of rotatable bonds is 6. The van der Waals surface area contributed by atoms with Gasteiger partial charge in [-0.15, -0.1) is 12.4 Å². The summed E-state index contributed by atoms with van der Waals surface area (Å²) in [5, 5.41) is 3.47. The molecule has 6 heteroatoms. The quantitative estimate of drug-likeness (QED) is 0.794. The van der Waals surface area contributed by atoms with Crippen LogP contribution < -0.4 is 14.8 Å². The second kappa shape index (κ2) is 10.2. The molecular weight excluding hydrogens is 364 g/mol. The summed E-state index contributed by atoms with van der Waals surface area (Å²) < 4.78 is 10.8.